The lowest BCUT2D eigenvalue weighted by Crippen LogP contribution is -2.86. The van der Waals surface area contributed by atoms with Gasteiger partial charge in [0, 0.05) is 22.3 Å². The molecule has 5 heteroatoms. The van der Waals surface area contributed by atoms with Gasteiger partial charge in [-0.3, -0.25) is 4.79 Å². The van der Waals surface area contributed by atoms with Gasteiger partial charge in [0.1, 0.15) is 11.8 Å². The van der Waals surface area contributed by atoms with Crippen LogP contribution in [0.3, 0.4) is 0 Å². The number of hydrogen-bond acceptors (Lipinski definition) is 2. The van der Waals surface area contributed by atoms with Crippen LogP contribution >= 0.6 is 11.6 Å². The minimum atomic E-state index is -0.0536. The number of nitrogens with one attached hydrogen (secondary N) is 1. The third kappa shape index (κ3) is 4.76. The molecule has 0 bridgehead atoms. The first-order valence-corrected chi connectivity index (χ1v) is 7.49. The molecule has 0 aliphatic heterocycles. The summed E-state index contributed by atoms with van der Waals surface area (Å²) in [5.74, 6) is 0.663. The summed E-state index contributed by atoms with van der Waals surface area (Å²) in [4.78, 5) is 12.0. The molecule has 3 N–H and O–H groups in total. The Bertz CT molecular complexity index is 646. The molecule has 0 aliphatic carbocycles. The van der Waals surface area contributed by atoms with Gasteiger partial charge in [0.2, 0.25) is 0 Å². The average Bonchev–Trinajstić information content (AvgIpc) is 2.52. The van der Waals surface area contributed by atoms with Gasteiger partial charge in [0.15, 0.2) is 6.54 Å². The summed E-state index contributed by atoms with van der Waals surface area (Å²) in [5.41, 5.74) is 1.83. The first-order valence-electron chi connectivity index (χ1n) is 7.11. The molecule has 0 fully saturated rings. The number of ether oxygens (including phenoxy) is 1. The Hall–Kier alpha value is -2.04. The van der Waals surface area contributed by atoms with E-state index in [1.54, 1.807) is 13.2 Å². The number of halogens is 1. The standard InChI is InChI=1S/C17H19ClN2O2/c1-12(13-5-3-6-14(18)9-13)19-11-17(21)20-15-7-4-8-16(10-15)22-2/h3-10,12,19H,11H2,1-2H3,(H,20,21)/p+1/t12-/m0/s1. The molecule has 0 saturated carbocycles. The molecule has 0 unspecified atom stereocenters. The van der Waals surface area contributed by atoms with Crippen LogP contribution < -0.4 is 15.4 Å². The third-order valence-corrected chi connectivity index (χ3v) is 3.62. The number of benzene rings is 2. The maximum atomic E-state index is 12.0. The third-order valence-electron chi connectivity index (χ3n) is 3.38. The quantitative estimate of drug-likeness (QED) is 0.860. The van der Waals surface area contributed by atoms with Crippen LogP contribution in [0.15, 0.2) is 48.5 Å². The maximum Gasteiger partial charge on any atom is 0.279 e. The molecule has 1 atom stereocenters. The van der Waals surface area contributed by atoms with Crippen molar-refractivity contribution in [2.75, 3.05) is 19.0 Å². The molecule has 0 radical (unpaired) electrons. The molecule has 1 amide bonds. The van der Waals surface area contributed by atoms with Gasteiger partial charge in [-0.2, -0.15) is 0 Å². The lowest BCUT2D eigenvalue weighted by Gasteiger charge is -2.12. The molecule has 2 aromatic carbocycles. The number of methoxy groups -OCH3 is 1. The summed E-state index contributed by atoms with van der Waals surface area (Å²) < 4.78 is 5.13. The van der Waals surface area contributed by atoms with Gasteiger partial charge >= 0.3 is 0 Å². The Morgan fingerprint density at radius 3 is 2.77 bits per heavy atom. The van der Waals surface area contributed by atoms with Gasteiger partial charge in [-0.15, -0.1) is 0 Å². The number of carbonyl (C=O) groups excluding carboxylic acids is 1. The van der Waals surface area contributed by atoms with Crippen molar-refractivity contribution in [2.45, 2.75) is 13.0 Å². The van der Waals surface area contributed by atoms with Crippen LogP contribution in [0.2, 0.25) is 5.02 Å². The molecule has 0 saturated heterocycles. The molecular formula is C17H20ClN2O2+. The zero-order valence-electron chi connectivity index (χ0n) is 12.7. The van der Waals surface area contributed by atoms with Crippen molar-refractivity contribution in [3.63, 3.8) is 0 Å². The number of hydrogen-bond donors (Lipinski definition) is 2. The fourth-order valence-corrected chi connectivity index (χ4v) is 2.32. The molecule has 22 heavy (non-hydrogen) atoms. The van der Waals surface area contributed by atoms with Crippen molar-refractivity contribution in [1.82, 2.24) is 0 Å². The fourth-order valence-electron chi connectivity index (χ4n) is 2.12. The highest BCUT2D eigenvalue weighted by molar-refractivity contribution is 6.30. The predicted octanol–water partition coefficient (Wildman–Crippen LogP) is 2.61. The summed E-state index contributed by atoms with van der Waals surface area (Å²) in [6, 6.07) is 15.1. The molecule has 116 valence electrons. The van der Waals surface area contributed by atoms with Gasteiger partial charge in [-0.1, -0.05) is 29.8 Å². The predicted molar refractivity (Wildman–Crippen MR) is 88.3 cm³/mol. The number of quaternary nitrogens is 1. The number of carbonyl (C=O) groups is 1. The van der Waals surface area contributed by atoms with E-state index in [0.29, 0.717) is 17.3 Å². The van der Waals surface area contributed by atoms with Crippen LogP contribution in [-0.2, 0) is 4.79 Å². The monoisotopic (exact) mass is 319 g/mol. The number of amides is 1. The molecular weight excluding hydrogens is 300 g/mol. The SMILES string of the molecule is COc1cccc(NC(=O)C[NH2+][C@@H](C)c2cccc(Cl)c2)c1. The van der Waals surface area contributed by atoms with Crippen LogP contribution in [0.4, 0.5) is 5.69 Å². The van der Waals surface area contributed by atoms with Gasteiger partial charge in [-0.25, -0.2) is 0 Å². The van der Waals surface area contributed by atoms with E-state index in [4.69, 9.17) is 16.3 Å². The average molecular weight is 320 g/mol. The van der Waals surface area contributed by atoms with Crippen molar-refractivity contribution in [3.8, 4) is 5.75 Å². The first-order chi connectivity index (χ1) is 10.6. The highest BCUT2D eigenvalue weighted by atomic mass is 35.5. The van der Waals surface area contributed by atoms with Gasteiger partial charge in [0.05, 0.1) is 7.11 Å². The summed E-state index contributed by atoms with van der Waals surface area (Å²) in [7, 11) is 1.60. The molecule has 0 aliphatic rings. The van der Waals surface area contributed by atoms with E-state index in [1.165, 1.54) is 0 Å². The second kappa shape index (κ2) is 7.82. The van der Waals surface area contributed by atoms with Crippen molar-refractivity contribution in [2.24, 2.45) is 0 Å². The van der Waals surface area contributed by atoms with Gasteiger partial charge in [0.25, 0.3) is 5.91 Å². The van der Waals surface area contributed by atoms with Crippen LogP contribution in [0, 0.1) is 0 Å². The minimum absolute atomic E-state index is 0.0536. The van der Waals surface area contributed by atoms with Crippen molar-refractivity contribution < 1.29 is 14.8 Å². The number of rotatable bonds is 6. The van der Waals surface area contributed by atoms with Crippen molar-refractivity contribution in [1.29, 1.82) is 0 Å². The summed E-state index contributed by atoms with van der Waals surface area (Å²) in [6.45, 7) is 2.38. The smallest absolute Gasteiger partial charge is 0.279 e. The molecule has 0 heterocycles. The topological polar surface area (TPSA) is 54.9 Å². The number of nitrogens with two attached hydrogens (primary N) is 1. The second-order valence-electron chi connectivity index (χ2n) is 5.06. The largest absolute Gasteiger partial charge is 0.497 e. The lowest BCUT2D eigenvalue weighted by atomic mass is 10.1. The van der Waals surface area contributed by atoms with E-state index in [-0.39, 0.29) is 11.9 Å². The summed E-state index contributed by atoms with van der Waals surface area (Å²) in [5, 5.41) is 5.54. The molecule has 4 nitrogen and oxygen atoms in total. The molecule has 2 aromatic rings. The van der Waals surface area contributed by atoms with E-state index in [1.807, 2.05) is 54.7 Å². The highest BCUT2D eigenvalue weighted by Crippen LogP contribution is 2.16. The summed E-state index contributed by atoms with van der Waals surface area (Å²) >= 11 is 5.98. The Balaban J connectivity index is 1.87. The fraction of sp³-hybridized carbons (Fsp3) is 0.235. The zero-order chi connectivity index (χ0) is 15.9. The summed E-state index contributed by atoms with van der Waals surface area (Å²) in [6.07, 6.45) is 0. The Morgan fingerprint density at radius 2 is 2.05 bits per heavy atom. The second-order valence-corrected chi connectivity index (χ2v) is 5.50. The Labute approximate surface area is 135 Å². The highest BCUT2D eigenvalue weighted by Gasteiger charge is 2.12. The minimum Gasteiger partial charge on any atom is -0.497 e. The maximum absolute atomic E-state index is 12.0. The number of anilines is 1. The van der Waals surface area contributed by atoms with E-state index in [9.17, 15) is 4.79 Å². The molecule has 0 spiro atoms. The van der Waals surface area contributed by atoms with Crippen LogP contribution in [-0.4, -0.2) is 19.6 Å². The molecule has 2 rings (SSSR count). The van der Waals surface area contributed by atoms with Gasteiger partial charge in [-0.05, 0) is 31.2 Å². The van der Waals surface area contributed by atoms with Crippen LogP contribution in [0.25, 0.3) is 0 Å². The Kier molecular flexibility index (Phi) is 5.81. The van der Waals surface area contributed by atoms with E-state index in [0.717, 1.165) is 11.3 Å². The lowest BCUT2D eigenvalue weighted by molar-refractivity contribution is -0.682. The van der Waals surface area contributed by atoms with Crippen LogP contribution in [0.5, 0.6) is 5.75 Å². The van der Waals surface area contributed by atoms with E-state index in [2.05, 4.69) is 5.32 Å². The van der Waals surface area contributed by atoms with E-state index >= 15 is 0 Å². The first kappa shape index (κ1) is 16.3. The normalized spacial score (nSPS) is 11.8. The molecule has 0 aromatic heterocycles. The Morgan fingerprint density at radius 1 is 1.27 bits per heavy atom. The van der Waals surface area contributed by atoms with E-state index < -0.39 is 0 Å². The van der Waals surface area contributed by atoms with Gasteiger partial charge < -0.3 is 15.4 Å². The van der Waals surface area contributed by atoms with Crippen molar-refractivity contribution >= 4 is 23.2 Å². The van der Waals surface area contributed by atoms with Crippen molar-refractivity contribution in [3.05, 3.63) is 59.1 Å². The zero-order valence-corrected chi connectivity index (χ0v) is 13.4. The van der Waals surface area contributed by atoms with Crippen LogP contribution in [0.1, 0.15) is 18.5 Å².